The average Bonchev–Trinajstić information content (AvgIpc) is 2.93. The molecule has 0 aliphatic rings. The maximum Gasteiger partial charge on any atom is 0.257 e. The topological polar surface area (TPSA) is 88.7 Å². The van der Waals surface area contributed by atoms with Gasteiger partial charge in [-0.25, -0.2) is 0 Å². The Morgan fingerprint density at radius 3 is 1.89 bits per heavy atom. The molecule has 0 fully saturated rings. The summed E-state index contributed by atoms with van der Waals surface area (Å²) in [7, 11) is 0. The van der Waals surface area contributed by atoms with Gasteiger partial charge in [-0.05, 0) is 91.9 Å². The SMILES string of the molecule is Cc1cccc(C(=O)Nc2ccc(NC(=S)NC(=O)c3ccc(OCCOc4ccccc4)cc3)cc2)c1. The second-order valence-electron chi connectivity index (χ2n) is 8.34. The molecule has 0 aliphatic heterocycles. The Kier molecular flexibility index (Phi) is 9.04. The van der Waals surface area contributed by atoms with Gasteiger partial charge in [-0.1, -0.05) is 35.9 Å². The number of rotatable bonds is 9. The van der Waals surface area contributed by atoms with Gasteiger partial charge < -0.3 is 20.1 Å². The van der Waals surface area contributed by atoms with Crippen molar-refractivity contribution in [3.05, 3.63) is 120 Å². The molecule has 0 saturated carbocycles. The van der Waals surface area contributed by atoms with E-state index in [-0.39, 0.29) is 16.9 Å². The summed E-state index contributed by atoms with van der Waals surface area (Å²) < 4.78 is 11.3. The molecule has 0 aromatic heterocycles. The number of amides is 2. The van der Waals surface area contributed by atoms with Crippen LogP contribution in [0.4, 0.5) is 11.4 Å². The number of hydrogen-bond donors (Lipinski definition) is 3. The fraction of sp³-hybridized carbons (Fsp3) is 0.100. The van der Waals surface area contributed by atoms with Crippen molar-refractivity contribution in [3.8, 4) is 11.5 Å². The van der Waals surface area contributed by atoms with Crippen LogP contribution in [-0.4, -0.2) is 30.1 Å². The van der Waals surface area contributed by atoms with Crippen molar-refractivity contribution >= 4 is 40.5 Å². The van der Waals surface area contributed by atoms with Gasteiger partial charge in [0.15, 0.2) is 5.11 Å². The number of anilines is 2. The molecule has 0 heterocycles. The Balaban J connectivity index is 1.21. The normalized spacial score (nSPS) is 10.2. The van der Waals surface area contributed by atoms with Crippen LogP contribution in [0.25, 0.3) is 0 Å². The molecule has 0 saturated heterocycles. The zero-order chi connectivity index (χ0) is 26.7. The highest BCUT2D eigenvalue weighted by Crippen LogP contribution is 2.16. The standard InChI is InChI=1S/C30H27N3O4S/c1-21-6-5-7-23(20-21)29(35)31-24-12-14-25(15-13-24)32-30(38)33-28(34)22-10-16-27(17-11-22)37-19-18-36-26-8-3-2-4-9-26/h2-17,20H,18-19H2,1H3,(H,31,35)(H2,32,33,34,38). The van der Waals surface area contributed by atoms with E-state index >= 15 is 0 Å². The molecular formula is C30H27N3O4S. The van der Waals surface area contributed by atoms with Crippen molar-refractivity contribution in [1.29, 1.82) is 0 Å². The first-order chi connectivity index (χ1) is 18.5. The number of hydrogen-bond acceptors (Lipinski definition) is 5. The minimum absolute atomic E-state index is 0.157. The predicted octanol–water partition coefficient (Wildman–Crippen LogP) is 5.83. The first kappa shape index (κ1) is 26.4. The van der Waals surface area contributed by atoms with Crippen molar-refractivity contribution < 1.29 is 19.1 Å². The Bertz CT molecular complexity index is 1390. The van der Waals surface area contributed by atoms with Gasteiger partial charge in [-0.3, -0.25) is 14.9 Å². The second-order valence-corrected chi connectivity index (χ2v) is 8.75. The maximum absolute atomic E-state index is 12.6. The van der Waals surface area contributed by atoms with Gasteiger partial charge >= 0.3 is 0 Å². The lowest BCUT2D eigenvalue weighted by molar-refractivity contribution is 0.0976. The van der Waals surface area contributed by atoms with Gasteiger partial charge in [0, 0.05) is 22.5 Å². The third-order valence-electron chi connectivity index (χ3n) is 5.39. The van der Waals surface area contributed by atoms with Crippen LogP contribution >= 0.6 is 12.2 Å². The van der Waals surface area contributed by atoms with Crippen molar-refractivity contribution in [2.75, 3.05) is 23.8 Å². The van der Waals surface area contributed by atoms with E-state index in [2.05, 4.69) is 16.0 Å². The third kappa shape index (κ3) is 7.91. The number of nitrogens with one attached hydrogen (secondary N) is 3. The largest absolute Gasteiger partial charge is 0.490 e. The zero-order valence-electron chi connectivity index (χ0n) is 20.8. The molecule has 4 aromatic rings. The highest BCUT2D eigenvalue weighted by Gasteiger charge is 2.10. The monoisotopic (exact) mass is 525 g/mol. The quantitative estimate of drug-likeness (QED) is 0.188. The van der Waals surface area contributed by atoms with E-state index in [1.165, 1.54) is 0 Å². The van der Waals surface area contributed by atoms with Crippen LogP contribution < -0.4 is 25.4 Å². The number of ether oxygens (including phenoxy) is 2. The lowest BCUT2D eigenvalue weighted by atomic mass is 10.1. The van der Waals surface area contributed by atoms with Gasteiger partial charge in [0.2, 0.25) is 0 Å². The first-order valence-electron chi connectivity index (χ1n) is 12.0. The van der Waals surface area contributed by atoms with Crippen LogP contribution in [0.15, 0.2) is 103 Å². The molecule has 0 spiro atoms. The molecule has 7 nitrogen and oxygen atoms in total. The van der Waals surface area contributed by atoms with E-state index in [9.17, 15) is 9.59 Å². The molecule has 2 amide bonds. The maximum atomic E-state index is 12.6. The molecule has 3 N–H and O–H groups in total. The van der Waals surface area contributed by atoms with Gasteiger partial charge in [-0.2, -0.15) is 0 Å². The molecule has 8 heteroatoms. The van der Waals surface area contributed by atoms with E-state index in [0.717, 1.165) is 11.3 Å². The molecule has 4 rings (SSSR count). The Morgan fingerprint density at radius 2 is 1.26 bits per heavy atom. The van der Waals surface area contributed by atoms with Crippen LogP contribution in [0.1, 0.15) is 26.3 Å². The number of carbonyl (C=O) groups excluding carboxylic acids is 2. The number of benzene rings is 4. The van der Waals surface area contributed by atoms with Crippen LogP contribution in [0.2, 0.25) is 0 Å². The minimum Gasteiger partial charge on any atom is -0.490 e. The molecule has 0 aliphatic carbocycles. The Hall–Kier alpha value is -4.69. The van der Waals surface area contributed by atoms with E-state index in [0.29, 0.717) is 41.5 Å². The van der Waals surface area contributed by atoms with E-state index < -0.39 is 0 Å². The van der Waals surface area contributed by atoms with Crippen molar-refractivity contribution in [2.45, 2.75) is 6.92 Å². The van der Waals surface area contributed by atoms with Gasteiger partial charge in [0.1, 0.15) is 24.7 Å². The summed E-state index contributed by atoms with van der Waals surface area (Å²) >= 11 is 5.28. The predicted molar refractivity (Wildman–Crippen MR) is 153 cm³/mol. The van der Waals surface area contributed by atoms with Crippen LogP contribution in [0, 0.1) is 6.92 Å². The smallest absolute Gasteiger partial charge is 0.257 e. The summed E-state index contributed by atoms with van der Waals surface area (Å²) in [5.41, 5.74) is 3.36. The average molecular weight is 526 g/mol. The van der Waals surface area contributed by atoms with Gasteiger partial charge in [0.25, 0.3) is 11.8 Å². The summed E-state index contributed by atoms with van der Waals surface area (Å²) in [5.74, 6) is 0.889. The van der Waals surface area contributed by atoms with Crippen molar-refractivity contribution in [3.63, 3.8) is 0 Å². The third-order valence-corrected chi connectivity index (χ3v) is 5.59. The summed E-state index contributed by atoms with van der Waals surface area (Å²) in [4.78, 5) is 25.0. The van der Waals surface area contributed by atoms with Gasteiger partial charge in [0.05, 0.1) is 0 Å². The Labute approximate surface area is 226 Å². The molecule has 0 bridgehead atoms. The molecule has 4 aromatic carbocycles. The molecule has 192 valence electrons. The van der Waals surface area contributed by atoms with E-state index in [1.807, 2.05) is 55.5 Å². The van der Waals surface area contributed by atoms with Crippen molar-refractivity contribution in [1.82, 2.24) is 5.32 Å². The summed E-state index contributed by atoms with van der Waals surface area (Å²) in [6.45, 7) is 2.72. The molecule has 0 unspecified atom stereocenters. The number of aryl methyl sites for hydroxylation is 1. The van der Waals surface area contributed by atoms with Crippen LogP contribution in [-0.2, 0) is 0 Å². The van der Waals surface area contributed by atoms with Crippen LogP contribution in [0.5, 0.6) is 11.5 Å². The number of thiocarbonyl (C=S) groups is 1. The minimum atomic E-state index is -0.344. The fourth-order valence-electron chi connectivity index (χ4n) is 3.50. The van der Waals surface area contributed by atoms with Crippen LogP contribution in [0.3, 0.4) is 0 Å². The lowest BCUT2D eigenvalue weighted by Gasteiger charge is -2.11. The lowest BCUT2D eigenvalue weighted by Crippen LogP contribution is -2.34. The molecule has 38 heavy (non-hydrogen) atoms. The molecule has 0 atom stereocenters. The summed E-state index contributed by atoms with van der Waals surface area (Å²) in [5, 5.41) is 8.65. The first-order valence-corrected chi connectivity index (χ1v) is 12.4. The summed E-state index contributed by atoms with van der Waals surface area (Å²) in [6.07, 6.45) is 0. The Morgan fingerprint density at radius 1 is 0.658 bits per heavy atom. The molecule has 0 radical (unpaired) electrons. The zero-order valence-corrected chi connectivity index (χ0v) is 21.6. The highest BCUT2D eigenvalue weighted by molar-refractivity contribution is 7.80. The second kappa shape index (κ2) is 13.0. The highest BCUT2D eigenvalue weighted by atomic mass is 32.1. The fourth-order valence-corrected chi connectivity index (χ4v) is 3.71. The summed E-state index contributed by atoms with van der Waals surface area (Å²) in [6, 6.07) is 30.7. The van der Waals surface area contributed by atoms with Crippen molar-refractivity contribution in [2.24, 2.45) is 0 Å². The molecular weight excluding hydrogens is 498 g/mol. The van der Waals surface area contributed by atoms with Gasteiger partial charge in [-0.15, -0.1) is 0 Å². The van der Waals surface area contributed by atoms with E-state index in [1.54, 1.807) is 54.6 Å². The number of para-hydroxylation sites is 1. The van der Waals surface area contributed by atoms with E-state index in [4.69, 9.17) is 21.7 Å². The number of carbonyl (C=O) groups is 2.